The molecule has 2 aromatic carbocycles. The lowest BCUT2D eigenvalue weighted by Gasteiger charge is -2.13. The van der Waals surface area contributed by atoms with E-state index < -0.39 is 17.9 Å². The Balaban J connectivity index is 1.98. The number of hydrogen-bond donors (Lipinski definition) is 1. The van der Waals surface area contributed by atoms with Gasteiger partial charge in [-0.05, 0) is 51.0 Å². The third-order valence-electron chi connectivity index (χ3n) is 5.02. The second-order valence-corrected chi connectivity index (χ2v) is 7.54. The smallest absolute Gasteiger partial charge is 0.302 e. The maximum Gasteiger partial charge on any atom is 0.302 e. The summed E-state index contributed by atoms with van der Waals surface area (Å²) < 4.78 is 27.3. The summed E-state index contributed by atoms with van der Waals surface area (Å²) in [6.45, 7) is 5.02. The van der Waals surface area contributed by atoms with E-state index >= 15 is 4.39 Å². The van der Waals surface area contributed by atoms with Crippen molar-refractivity contribution in [2.75, 3.05) is 7.11 Å². The zero-order chi connectivity index (χ0) is 22.5. The summed E-state index contributed by atoms with van der Waals surface area (Å²) in [5, 5.41) is 15.1. The molecule has 3 rings (SSSR count). The number of carbonyl (C=O) groups excluding carboxylic acids is 1. The number of nitrogens with zero attached hydrogens (tertiary/aromatic N) is 2. The van der Waals surface area contributed by atoms with Crippen LogP contribution in [0, 0.1) is 12.7 Å². The number of halogens is 1. The van der Waals surface area contributed by atoms with Crippen LogP contribution in [0.15, 0.2) is 48.5 Å². The van der Waals surface area contributed by atoms with Gasteiger partial charge in [0.2, 0.25) is 0 Å². The first kappa shape index (κ1) is 22.5. The van der Waals surface area contributed by atoms with E-state index in [-0.39, 0.29) is 23.9 Å². The molecular weight excluding hydrogens is 399 g/mol. The number of benzene rings is 2. The lowest BCUT2D eigenvalue weighted by molar-refractivity contribution is -0.146. The van der Waals surface area contributed by atoms with Crippen LogP contribution in [0.25, 0.3) is 16.9 Å². The summed E-state index contributed by atoms with van der Waals surface area (Å²) in [6, 6.07) is 14.6. The highest BCUT2D eigenvalue weighted by atomic mass is 19.1. The van der Waals surface area contributed by atoms with Gasteiger partial charge in [0, 0.05) is 12.5 Å². The molecule has 0 radical (unpaired) electrons. The molecule has 3 aromatic rings. The van der Waals surface area contributed by atoms with Gasteiger partial charge in [-0.15, -0.1) is 0 Å². The third kappa shape index (κ3) is 5.30. The van der Waals surface area contributed by atoms with Crippen LogP contribution in [0.1, 0.15) is 44.1 Å². The summed E-state index contributed by atoms with van der Waals surface area (Å²) in [5.74, 6) is -0.293. The van der Waals surface area contributed by atoms with Crippen LogP contribution >= 0.6 is 0 Å². The van der Waals surface area contributed by atoms with Gasteiger partial charge in [-0.25, -0.2) is 9.07 Å². The van der Waals surface area contributed by atoms with Crippen molar-refractivity contribution in [3.05, 3.63) is 65.6 Å². The molecule has 0 saturated heterocycles. The van der Waals surface area contributed by atoms with Crippen molar-refractivity contribution in [2.24, 2.45) is 0 Å². The third-order valence-corrected chi connectivity index (χ3v) is 5.02. The van der Waals surface area contributed by atoms with Crippen molar-refractivity contribution in [3.8, 4) is 22.7 Å². The highest BCUT2D eigenvalue weighted by molar-refractivity contribution is 5.66. The van der Waals surface area contributed by atoms with E-state index in [0.717, 1.165) is 5.56 Å². The second-order valence-electron chi connectivity index (χ2n) is 7.54. The Kier molecular flexibility index (Phi) is 7.07. The lowest BCUT2D eigenvalue weighted by atomic mass is 10.0. The van der Waals surface area contributed by atoms with E-state index in [1.54, 1.807) is 38.3 Å². The first-order chi connectivity index (χ1) is 14.8. The number of hydrogen-bond acceptors (Lipinski definition) is 5. The van der Waals surface area contributed by atoms with Gasteiger partial charge < -0.3 is 14.6 Å². The normalized spacial score (nSPS) is 13.0. The van der Waals surface area contributed by atoms with E-state index in [2.05, 4.69) is 5.10 Å². The van der Waals surface area contributed by atoms with E-state index in [0.29, 0.717) is 23.4 Å². The lowest BCUT2D eigenvalue weighted by Crippen LogP contribution is -2.14. The van der Waals surface area contributed by atoms with Gasteiger partial charge in [0.05, 0.1) is 18.9 Å². The van der Waals surface area contributed by atoms with Crippen molar-refractivity contribution in [1.82, 2.24) is 9.78 Å². The first-order valence-electron chi connectivity index (χ1n) is 10.1. The second kappa shape index (κ2) is 9.75. The van der Waals surface area contributed by atoms with Crippen LogP contribution in [-0.2, 0) is 9.53 Å². The zero-order valence-electron chi connectivity index (χ0n) is 18.1. The molecule has 0 fully saturated rings. The first-order valence-corrected chi connectivity index (χ1v) is 10.1. The molecule has 0 bridgehead atoms. The monoisotopic (exact) mass is 426 g/mol. The molecule has 0 spiro atoms. The van der Waals surface area contributed by atoms with Gasteiger partial charge in [-0.2, -0.15) is 5.10 Å². The summed E-state index contributed by atoms with van der Waals surface area (Å²) >= 11 is 0. The molecule has 2 atom stereocenters. The van der Waals surface area contributed by atoms with E-state index in [1.165, 1.54) is 11.6 Å². The van der Waals surface area contributed by atoms with Crippen LogP contribution in [0.2, 0.25) is 0 Å². The van der Waals surface area contributed by atoms with Crippen molar-refractivity contribution >= 4 is 5.97 Å². The van der Waals surface area contributed by atoms with E-state index in [4.69, 9.17) is 9.47 Å². The largest absolute Gasteiger partial charge is 0.497 e. The predicted molar refractivity (Wildman–Crippen MR) is 116 cm³/mol. The Hall–Kier alpha value is -3.19. The van der Waals surface area contributed by atoms with Crippen LogP contribution < -0.4 is 4.74 Å². The summed E-state index contributed by atoms with van der Waals surface area (Å²) in [6.07, 6.45) is -0.925. The molecule has 164 valence electrons. The van der Waals surface area contributed by atoms with E-state index in [1.807, 2.05) is 31.2 Å². The Bertz CT molecular complexity index is 1030. The fraction of sp³-hybridized carbons (Fsp3) is 0.333. The van der Waals surface area contributed by atoms with Crippen molar-refractivity contribution in [2.45, 2.75) is 45.8 Å². The summed E-state index contributed by atoms with van der Waals surface area (Å²) in [5.41, 5.74) is 2.58. The highest BCUT2D eigenvalue weighted by Crippen LogP contribution is 2.32. The predicted octanol–water partition coefficient (Wildman–Crippen LogP) is 4.76. The number of ether oxygens (including phenoxy) is 2. The average molecular weight is 426 g/mol. The van der Waals surface area contributed by atoms with Crippen LogP contribution in [0.5, 0.6) is 5.75 Å². The molecule has 0 aliphatic rings. The van der Waals surface area contributed by atoms with Crippen molar-refractivity contribution < 1.29 is 23.8 Å². The topological polar surface area (TPSA) is 73.6 Å². The van der Waals surface area contributed by atoms with Crippen molar-refractivity contribution in [3.63, 3.8) is 0 Å². The highest BCUT2D eigenvalue weighted by Gasteiger charge is 2.26. The molecule has 1 heterocycles. The van der Waals surface area contributed by atoms with Gasteiger partial charge in [0.25, 0.3) is 0 Å². The Morgan fingerprint density at radius 1 is 1.13 bits per heavy atom. The fourth-order valence-corrected chi connectivity index (χ4v) is 3.37. The Morgan fingerprint density at radius 2 is 1.77 bits per heavy atom. The van der Waals surface area contributed by atoms with Gasteiger partial charge >= 0.3 is 5.97 Å². The number of aliphatic hydroxyl groups is 1. The fourth-order valence-electron chi connectivity index (χ4n) is 3.37. The molecule has 0 aliphatic heterocycles. The summed E-state index contributed by atoms with van der Waals surface area (Å²) in [4.78, 5) is 11.1. The van der Waals surface area contributed by atoms with Gasteiger partial charge in [-0.3, -0.25) is 4.79 Å². The number of aromatic nitrogens is 2. The minimum Gasteiger partial charge on any atom is -0.497 e. The van der Waals surface area contributed by atoms with Gasteiger partial charge in [0.1, 0.15) is 23.2 Å². The molecule has 1 N–H and O–H groups in total. The standard InChI is InChI=1S/C24H27FN2O4/c1-15-5-8-18(9-6-15)24-22(25)23(21(29)14-7-16(2)31-17(3)28)26-27(24)19-10-12-20(30-4)13-11-19/h5-6,8-13,16,21,29H,7,14H2,1-4H3. The van der Waals surface area contributed by atoms with E-state index in [9.17, 15) is 9.90 Å². The Labute approximate surface area is 181 Å². The Morgan fingerprint density at radius 3 is 2.35 bits per heavy atom. The maximum absolute atomic E-state index is 15.5. The van der Waals surface area contributed by atoms with Gasteiger partial charge in [-0.1, -0.05) is 29.8 Å². The molecule has 31 heavy (non-hydrogen) atoms. The number of esters is 1. The molecule has 0 amide bonds. The van der Waals surface area contributed by atoms with Crippen LogP contribution in [0.3, 0.4) is 0 Å². The molecule has 7 heteroatoms. The minimum absolute atomic E-state index is 0.0404. The molecule has 2 unspecified atom stereocenters. The molecular formula is C24H27FN2O4. The molecule has 0 aliphatic carbocycles. The SMILES string of the molecule is COc1ccc(-n2nc(C(O)CCC(C)OC(C)=O)c(F)c2-c2ccc(C)cc2)cc1. The molecule has 1 aromatic heterocycles. The number of carbonyl (C=O) groups is 1. The maximum atomic E-state index is 15.5. The van der Waals surface area contributed by atoms with Crippen LogP contribution in [0.4, 0.5) is 4.39 Å². The zero-order valence-corrected chi connectivity index (χ0v) is 18.1. The number of rotatable bonds is 8. The number of aliphatic hydroxyl groups excluding tert-OH is 1. The number of methoxy groups -OCH3 is 1. The minimum atomic E-state index is -1.14. The summed E-state index contributed by atoms with van der Waals surface area (Å²) in [7, 11) is 1.57. The quantitative estimate of drug-likeness (QED) is 0.526. The average Bonchev–Trinajstić information content (AvgIpc) is 3.09. The molecule has 6 nitrogen and oxygen atoms in total. The number of aryl methyl sites for hydroxylation is 1. The van der Waals surface area contributed by atoms with Crippen LogP contribution in [-0.4, -0.2) is 34.1 Å². The van der Waals surface area contributed by atoms with Crippen molar-refractivity contribution in [1.29, 1.82) is 0 Å². The molecule has 0 saturated carbocycles. The van der Waals surface area contributed by atoms with Gasteiger partial charge in [0.15, 0.2) is 5.82 Å².